The molecule has 1 N–H and O–H groups in total. The third-order valence-corrected chi connectivity index (χ3v) is 5.99. The molecule has 1 aromatic heterocycles. The van der Waals surface area contributed by atoms with Crippen LogP contribution in [0.25, 0.3) is 11.1 Å². The number of likely N-dealkylation sites (N-methyl/N-ethyl adjacent to an activating group) is 1. The molecule has 2 aromatic carbocycles. The lowest BCUT2D eigenvalue weighted by atomic mass is 9.98. The van der Waals surface area contributed by atoms with Gasteiger partial charge in [-0.25, -0.2) is 4.79 Å². The number of aryl methyl sites for hydroxylation is 1. The van der Waals surface area contributed by atoms with E-state index in [0.717, 1.165) is 34.6 Å². The average molecular weight is 491 g/mol. The second kappa shape index (κ2) is 12.0. The Morgan fingerprint density at radius 3 is 2.31 bits per heavy atom. The zero-order chi connectivity index (χ0) is 26.2. The van der Waals surface area contributed by atoms with Gasteiger partial charge in [-0.2, -0.15) is 0 Å². The van der Waals surface area contributed by atoms with Crippen LogP contribution in [0.2, 0.25) is 0 Å². The van der Waals surface area contributed by atoms with Crippen LogP contribution in [0.1, 0.15) is 51.7 Å². The van der Waals surface area contributed by atoms with E-state index in [9.17, 15) is 24.3 Å². The molecule has 0 bridgehead atoms. The van der Waals surface area contributed by atoms with Gasteiger partial charge in [-0.15, -0.1) is 0 Å². The molecule has 0 saturated heterocycles. The van der Waals surface area contributed by atoms with E-state index in [2.05, 4.69) is 11.7 Å². The maximum atomic E-state index is 13.4. The van der Waals surface area contributed by atoms with E-state index in [1.807, 2.05) is 24.3 Å². The summed E-state index contributed by atoms with van der Waals surface area (Å²) < 4.78 is 6.21. The standard InChI is InChI=1S/C28H30N2O6/c1-4-5-8-21-15-16-24(26(32)29(2)18-25(31)36-3)27(33)30(21)17-19-11-13-20(14-12-19)22-9-6-7-10-23(22)28(34)35/h6-7,9-16H,4-5,8,17-18H2,1-3H3,(H,34,35). The number of amides is 1. The molecule has 0 saturated carbocycles. The van der Waals surface area contributed by atoms with Gasteiger partial charge in [0.1, 0.15) is 12.1 Å². The zero-order valence-corrected chi connectivity index (χ0v) is 20.7. The van der Waals surface area contributed by atoms with E-state index >= 15 is 0 Å². The molecule has 1 heterocycles. The Hall–Kier alpha value is -4.20. The van der Waals surface area contributed by atoms with Gasteiger partial charge in [-0.3, -0.25) is 14.4 Å². The summed E-state index contributed by atoms with van der Waals surface area (Å²) in [6, 6.07) is 17.4. The van der Waals surface area contributed by atoms with E-state index in [-0.39, 0.29) is 24.2 Å². The van der Waals surface area contributed by atoms with E-state index in [1.165, 1.54) is 20.2 Å². The number of aromatic nitrogens is 1. The van der Waals surface area contributed by atoms with Crippen LogP contribution in [0.5, 0.6) is 0 Å². The first-order valence-electron chi connectivity index (χ1n) is 11.7. The Bertz CT molecular complexity index is 1310. The number of esters is 1. The molecule has 0 fully saturated rings. The summed E-state index contributed by atoms with van der Waals surface area (Å²) in [6.07, 6.45) is 2.52. The molecule has 8 nitrogen and oxygen atoms in total. The van der Waals surface area contributed by atoms with Crippen molar-refractivity contribution in [3.05, 3.63) is 93.4 Å². The molecule has 0 unspecified atom stereocenters. The molecular weight excluding hydrogens is 460 g/mol. The first-order chi connectivity index (χ1) is 17.3. The lowest BCUT2D eigenvalue weighted by Crippen LogP contribution is -2.38. The second-order valence-electron chi connectivity index (χ2n) is 8.52. The minimum absolute atomic E-state index is 0.0198. The number of methoxy groups -OCH3 is 1. The van der Waals surface area contributed by atoms with E-state index in [4.69, 9.17) is 0 Å². The highest BCUT2D eigenvalue weighted by atomic mass is 16.5. The molecule has 0 atom stereocenters. The first-order valence-corrected chi connectivity index (χ1v) is 11.7. The number of benzene rings is 2. The fourth-order valence-corrected chi connectivity index (χ4v) is 3.96. The number of carbonyl (C=O) groups is 3. The van der Waals surface area contributed by atoms with Crippen LogP contribution >= 0.6 is 0 Å². The summed E-state index contributed by atoms with van der Waals surface area (Å²) in [5.74, 6) is -2.13. The number of hydrogen-bond acceptors (Lipinski definition) is 5. The summed E-state index contributed by atoms with van der Waals surface area (Å²) in [5.41, 5.74) is 2.78. The highest BCUT2D eigenvalue weighted by Gasteiger charge is 2.21. The summed E-state index contributed by atoms with van der Waals surface area (Å²) in [7, 11) is 2.68. The van der Waals surface area contributed by atoms with Gasteiger partial charge in [0.2, 0.25) is 0 Å². The number of carbonyl (C=O) groups excluding carboxylic acids is 2. The Kier molecular flexibility index (Phi) is 8.78. The van der Waals surface area contributed by atoms with Crippen molar-refractivity contribution in [1.29, 1.82) is 0 Å². The Labute approximate surface area is 209 Å². The number of carboxylic acid groups (broad SMARTS) is 1. The van der Waals surface area contributed by atoms with Gasteiger partial charge < -0.3 is 19.3 Å². The predicted molar refractivity (Wildman–Crippen MR) is 136 cm³/mol. The van der Waals surface area contributed by atoms with Crippen molar-refractivity contribution in [2.24, 2.45) is 0 Å². The molecule has 1 amide bonds. The van der Waals surface area contributed by atoms with Crippen molar-refractivity contribution >= 4 is 17.8 Å². The van der Waals surface area contributed by atoms with Gasteiger partial charge in [0.05, 0.1) is 19.2 Å². The average Bonchev–Trinajstić information content (AvgIpc) is 2.88. The van der Waals surface area contributed by atoms with Crippen molar-refractivity contribution in [2.45, 2.75) is 32.7 Å². The maximum absolute atomic E-state index is 13.4. The van der Waals surface area contributed by atoms with E-state index < -0.39 is 23.4 Å². The van der Waals surface area contributed by atoms with Crippen LogP contribution < -0.4 is 5.56 Å². The normalized spacial score (nSPS) is 10.6. The molecule has 8 heteroatoms. The highest BCUT2D eigenvalue weighted by Crippen LogP contribution is 2.24. The smallest absolute Gasteiger partial charge is 0.336 e. The summed E-state index contributed by atoms with van der Waals surface area (Å²) in [4.78, 5) is 50.6. The molecule has 3 aromatic rings. The highest BCUT2D eigenvalue weighted by molar-refractivity contribution is 5.96. The summed E-state index contributed by atoms with van der Waals surface area (Å²) in [6.45, 7) is 2.06. The molecule has 3 rings (SSSR count). The SMILES string of the molecule is CCCCc1ccc(C(=O)N(C)CC(=O)OC)c(=O)n1Cc1ccc(-c2ccccc2C(=O)O)cc1. The number of rotatable bonds is 10. The molecule has 0 aliphatic heterocycles. The van der Waals surface area contributed by atoms with Crippen LogP contribution in [0, 0.1) is 0 Å². The minimum Gasteiger partial charge on any atom is -0.478 e. The van der Waals surface area contributed by atoms with Crippen LogP contribution in [0.15, 0.2) is 65.5 Å². The molecular formula is C28H30N2O6. The Morgan fingerprint density at radius 2 is 1.67 bits per heavy atom. The third kappa shape index (κ3) is 6.07. The molecule has 36 heavy (non-hydrogen) atoms. The van der Waals surface area contributed by atoms with Gasteiger partial charge in [0.25, 0.3) is 11.5 Å². The fourth-order valence-electron chi connectivity index (χ4n) is 3.96. The van der Waals surface area contributed by atoms with E-state index in [1.54, 1.807) is 34.9 Å². The van der Waals surface area contributed by atoms with Gasteiger partial charge in [-0.1, -0.05) is 55.8 Å². The van der Waals surface area contributed by atoms with Crippen molar-refractivity contribution < 1.29 is 24.2 Å². The molecule has 0 aliphatic carbocycles. The number of nitrogens with zero attached hydrogens (tertiary/aromatic N) is 2. The number of aromatic carboxylic acids is 1. The second-order valence-corrected chi connectivity index (χ2v) is 8.52. The van der Waals surface area contributed by atoms with Gasteiger partial charge in [0, 0.05) is 12.7 Å². The number of ether oxygens (including phenoxy) is 1. The quantitative estimate of drug-likeness (QED) is 0.433. The van der Waals surface area contributed by atoms with Crippen molar-refractivity contribution in [3.8, 4) is 11.1 Å². The molecule has 0 aliphatic rings. The van der Waals surface area contributed by atoms with Crippen LogP contribution in [0.3, 0.4) is 0 Å². The lowest BCUT2D eigenvalue weighted by molar-refractivity contribution is -0.141. The summed E-state index contributed by atoms with van der Waals surface area (Å²) in [5, 5.41) is 9.49. The van der Waals surface area contributed by atoms with E-state index in [0.29, 0.717) is 12.0 Å². The van der Waals surface area contributed by atoms with Crippen molar-refractivity contribution in [1.82, 2.24) is 9.47 Å². The number of unbranched alkanes of at least 4 members (excludes halogenated alkanes) is 1. The zero-order valence-electron chi connectivity index (χ0n) is 20.7. The Morgan fingerprint density at radius 1 is 0.972 bits per heavy atom. The van der Waals surface area contributed by atoms with Crippen molar-refractivity contribution in [2.75, 3.05) is 20.7 Å². The monoisotopic (exact) mass is 490 g/mol. The van der Waals surface area contributed by atoms with Gasteiger partial charge in [-0.05, 0) is 47.7 Å². The Balaban J connectivity index is 1.95. The largest absolute Gasteiger partial charge is 0.478 e. The number of carboxylic acids is 1. The van der Waals surface area contributed by atoms with Crippen LogP contribution in [0.4, 0.5) is 0 Å². The molecule has 0 spiro atoms. The molecule has 0 radical (unpaired) electrons. The predicted octanol–water partition coefficient (Wildman–Crippen LogP) is 3.85. The first kappa shape index (κ1) is 26.4. The maximum Gasteiger partial charge on any atom is 0.336 e. The van der Waals surface area contributed by atoms with Gasteiger partial charge >= 0.3 is 11.9 Å². The topological polar surface area (TPSA) is 106 Å². The number of hydrogen-bond donors (Lipinski definition) is 1. The van der Waals surface area contributed by atoms with Crippen LogP contribution in [-0.4, -0.2) is 53.1 Å². The fraction of sp³-hybridized carbons (Fsp3) is 0.286. The van der Waals surface area contributed by atoms with Gasteiger partial charge in [0.15, 0.2) is 0 Å². The van der Waals surface area contributed by atoms with Crippen LogP contribution in [-0.2, 0) is 22.5 Å². The minimum atomic E-state index is -1.000. The van der Waals surface area contributed by atoms with Crippen molar-refractivity contribution in [3.63, 3.8) is 0 Å². The third-order valence-electron chi connectivity index (χ3n) is 5.99. The lowest BCUT2D eigenvalue weighted by Gasteiger charge is -2.18. The summed E-state index contributed by atoms with van der Waals surface area (Å²) >= 11 is 0. The number of pyridine rings is 1. The molecule has 188 valence electrons.